The average Bonchev–Trinajstić information content (AvgIpc) is 3.01. The van der Waals surface area contributed by atoms with E-state index in [1.165, 1.54) is 25.3 Å². The number of aromatic nitrogens is 4. The van der Waals surface area contributed by atoms with Crippen molar-refractivity contribution in [2.75, 3.05) is 12.4 Å². The van der Waals surface area contributed by atoms with E-state index in [-0.39, 0.29) is 11.6 Å². The number of methoxy groups -OCH3 is 1. The number of hydrogen-bond acceptors (Lipinski definition) is 7. The number of aryl methyl sites for hydroxylation is 1. The normalized spacial score (nSPS) is 10.4. The monoisotopic (exact) mass is 326 g/mol. The van der Waals surface area contributed by atoms with Crippen LogP contribution >= 0.6 is 0 Å². The van der Waals surface area contributed by atoms with E-state index >= 15 is 0 Å². The van der Waals surface area contributed by atoms with Crippen LogP contribution < -0.4 is 10.1 Å². The topological polar surface area (TPSA) is 108 Å². The molecule has 2 aromatic heterocycles. The van der Waals surface area contributed by atoms with Gasteiger partial charge in [0, 0.05) is 30.6 Å². The van der Waals surface area contributed by atoms with Crippen LogP contribution in [0.1, 0.15) is 5.69 Å². The summed E-state index contributed by atoms with van der Waals surface area (Å²) in [6.45, 7) is 1.88. The van der Waals surface area contributed by atoms with Crippen molar-refractivity contribution in [3.8, 4) is 11.6 Å². The molecule has 0 unspecified atom stereocenters. The number of anilines is 2. The highest BCUT2D eigenvalue weighted by Gasteiger charge is 2.13. The van der Waals surface area contributed by atoms with Gasteiger partial charge in [0.2, 0.25) is 5.95 Å². The Balaban J connectivity index is 1.94. The van der Waals surface area contributed by atoms with E-state index in [2.05, 4.69) is 20.4 Å². The largest absolute Gasteiger partial charge is 0.495 e. The molecule has 0 saturated heterocycles. The number of ether oxygens (including phenoxy) is 1. The lowest BCUT2D eigenvalue weighted by Crippen LogP contribution is -2.04. The highest BCUT2D eigenvalue weighted by Crippen LogP contribution is 2.30. The molecule has 0 spiro atoms. The molecule has 1 aromatic carbocycles. The standard InChI is InChI=1S/C15H14N6O3/c1-10-6-8-20(19-10)14-5-7-16-15(18-14)17-12-9-11(21(22)23)3-4-13(12)24-2/h3-9H,1-2H3,(H,16,17,18). The van der Waals surface area contributed by atoms with Gasteiger partial charge < -0.3 is 10.1 Å². The highest BCUT2D eigenvalue weighted by atomic mass is 16.6. The van der Waals surface area contributed by atoms with E-state index in [1.54, 1.807) is 23.1 Å². The van der Waals surface area contributed by atoms with Crippen molar-refractivity contribution < 1.29 is 9.66 Å². The Morgan fingerprint density at radius 2 is 2.12 bits per heavy atom. The quantitative estimate of drug-likeness (QED) is 0.567. The molecule has 122 valence electrons. The van der Waals surface area contributed by atoms with Gasteiger partial charge in [-0.2, -0.15) is 10.1 Å². The van der Waals surface area contributed by atoms with Gasteiger partial charge in [-0.05, 0) is 19.1 Å². The van der Waals surface area contributed by atoms with Crippen LogP contribution in [0.4, 0.5) is 17.3 Å². The first-order valence-corrected chi connectivity index (χ1v) is 7.02. The Hall–Kier alpha value is -3.49. The second-order valence-electron chi connectivity index (χ2n) is 4.91. The third kappa shape index (κ3) is 3.14. The van der Waals surface area contributed by atoms with Crippen LogP contribution in [0.2, 0.25) is 0 Å². The van der Waals surface area contributed by atoms with Crippen LogP contribution in [-0.4, -0.2) is 31.8 Å². The Morgan fingerprint density at radius 3 is 2.79 bits per heavy atom. The van der Waals surface area contributed by atoms with E-state index in [0.717, 1.165) is 5.69 Å². The number of rotatable bonds is 5. The van der Waals surface area contributed by atoms with E-state index < -0.39 is 4.92 Å². The SMILES string of the molecule is COc1ccc([N+](=O)[O-])cc1Nc1nccc(-n2ccc(C)n2)n1. The number of nitrogens with zero attached hydrogens (tertiary/aromatic N) is 5. The van der Waals surface area contributed by atoms with Crippen LogP contribution in [0, 0.1) is 17.0 Å². The number of nitro benzene ring substituents is 1. The van der Waals surface area contributed by atoms with Gasteiger partial charge in [0.25, 0.3) is 5.69 Å². The van der Waals surface area contributed by atoms with Gasteiger partial charge in [-0.15, -0.1) is 0 Å². The zero-order chi connectivity index (χ0) is 17.1. The molecule has 3 rings (SSSR count). The van der Waals surface area contributed by atoms with E-state index in [0.29, 0.717) is 17.3 Å². The van der Waals surface area contributed by atoms with E-state index in [9.17, 15) is 10.1 Å². The van der Waals surface area contributed by atoms with Gasteiger partial charge in [-0.25, -0.2) is 9.67 Å². The van der Waals surface area contributed by atoms with Gasteiger partial charge in [-0.1, -0.05) is 0 Å². The van der Waals surface area contributed by atoms with Crippen LogP contribution in [0.15, 0.2) is 42.7 Å². The van der Waals surface area contributed by atoms with Crippen molar-refractivity contribution in [3.05, 3.63) is 58.5 Å². The molecule has 0 aliphatic rings. The van der Waals surface area contributed by atoms with Crippen LogP contribution in [0.5, 0.6) is 5.75 Å². The Kier molecular flexibility index (Phi) is 4.06. The minimum absolute atomic E-state index is 0.0582. The van der Waals surface area contributed by atoms with Gasteiger partial charge in [-0.3, -0.25) is 10.1 Å². The lowest BCUT2D eigenvalue weighted by molar-refractivity contribution is -0.384. The lowest BCUT2D eigenvalue weighted by atomic mass is 10.2. The summed E-state index contributed by atoms with van der Waals surface area (Å²) in [6, 6.07) is 7.82. The fraction of sp³-hybridized carbons (Fsp3) is 0.133. The molecule has 9 heteroatoms. The summed E-state index contributed by atoms with van der Waals surface area (Å²) in [5, 5.41) is 18.2. The Bertz CT molecular complexity index is 892. The molecule has 0 aliphatic carbocycles. The lowest BCUT2D eigenvalue weighted by Gasteiger charge is -2.10. The third-order valence-corrected chi connectivity index (χ3v) is 3.24. The molecule has 9 nitrogen and oxygen atoms in total. The highest BCUT2D eigenvalue weighted by molar-refractivity contribution is 5.66. The molecule has 0 aliphatic heterocycles. The summed E-state index contributed by atoms with van der Waals surface area (Å²) in [6.07, 6.45) is 3.36. The summed E-state index contributed by atoms with van der Waals surface area (Å²) in [4.78, 5) is 18.9. The molecular weight excluding hydrogens is 312 g/mol. The summed E-state index contributed by atoms with van der Waals surface area (Å²) in [5.41, 5.74) is 1.21. The zero-order valence-corrected chi connectivity index (χ0v) is 13.0. The minimum atomic E-state index is -0.478. The predicted molar refractivity (Wildman–Crippen MR) is 86.8 cm³/mol. The smallest absolute Gasteiger partial charge is 0.271 e. The van der Waals surface area contributed by atoms with Crippen molar-refractivity contribution in [3.63, 3.8) is 0 Å². The van der Waals surface area contributed by atoms with Crippen molar-refractivity contribution >= 4 is 17.3 Å². The first kappa shape index (κ1) is 15.4. The van der Waals surface area contributed by atoms with Crippen molar-refractivity contribution in [2.24, 2.45) is 0 Å². The molecule has 0 bridgehead atoms. The number of non-ortho nitro benzene ring substituents is 1. The van der Waals surface area contributed by atoms with Crippen LogP contribution in [-0.2, 0) is 0 Å². The summed E-state index contributed by atoms with van der Waals surface area (Å²) in [7, 11) is 1.48. The fourth-order valence-corrected chi connectivity index (χ4v) is 2.11. The number of hydrogen-bond donors (Lipinski definition) is 1. The van der Waals surface area contributed by atoms with E-state index in [1.807, 2.05) is 13.0 Å². The zero-order valence-electron chi connectivity index (χ0n) is 13.0. The fourth-order valence-electron chi connectivity index (χ4n) is 2.11. The predicted octanol–water partition coefficient (Wildman–Crippen LogP) is 2.63. The molecular formula is C15H14N6O3. The molecule has 1 N–H and O–H groups in total. The van der Waals surface area contributed by atoms with Crippen molar-refractivity contribution in [2.45, 2.75) is 6.92 Å². The van der Waals surface area contributed by atoms with Gasteiger partial charge in [0.05, 0.1) is 23.4 Å². The Morgan fingerprint density at radius 1 is 1.29 bits per heavy atom. The van der Waals surface area contributed by atoms with Crippen molar-refractivity contribution in [1.29, 1.82) is 0 Å². The molecule has 0 atom stereocenters. The van der Waals surface area contributed by atoms with Gasteiger partial charge in [0.15, 0.2) is 5.82 Å². The first-order valence-electron chi connectivity index (χ1n) is 7.02. The third-order valence-electron chi connectivity index (χ3n) is 3.24. The summed E-state index contributed by atoms with van der Waals surface area (Å²) >= 11 is 0. The second-order valence-corrected chi connectivity index (χ2v) is 4.91. The molecule has 3 aromatic rings. The van der Waals surface area contributed by atoms with Crippen LogP contribution in [0.25, 0.3) is 5.82 Å². The average molecular weight is 326 g/mol. The number of benzene rings is 1. The molecule has 0 fully saturated rings. The van der Waals surface area contributed by atoms with E-state index in [4.69, 9.17) is 4.74 Å². The van der Waals surface area contributed by atoms with Gasteiger partial charge >= 0.3 is 0 Å². The maximum atomic E-state index is 10.9. The maximum absolute atomic E-state index is 10.9. The van der Waals surface area contributed by atoms with Crippen molar-refractivity contribution in [1.82, 2.24) is 19.7 Å². The first-order chi connectivity index (χ1) is 11.6. The summed E-state index contributed by atoms with van der Waals surface area (Å²) in [5.74, 6) is 1.30. The minimum Gasteiger partial charge on any atom is -0.495 e. The Labute approximate surface area is 137 Å². The molecule has 0 radical (unpaired) electrons. The number of nitro groups is 1. The molecule has 2 heterocycles. The molecule has 0 saturated carbocycles. The molecule has 0 amide bonds. The summed E-state index contributed by atoms with van der Waals surface area (Å²) < 4.78 is 6.83. The maximum Gasteiger partial charge on any atom is 0.271 e. The second kappa shape index (κ2) is 6.32. The number of nitrogens with one attached hydrogen (secondary N) is 1. The molecule has 24 heavy (non-hydrogen) atoms. The van der Waals surface area contributed by atoms with Crippen LogP contribution in [0.3, 0.4) is 0 Å². The van der Waals surface area contributed by atoms with Gasteiger partial charge in [0.1, 0.15) is 5.75 Å².